The first-order valence-electron chi connectivity index (χ1n) is 7.94. The van der Waals surface area contributed by atoms with Gasteiger partial charge in [0.05, 0.1) is 4.70 Å². The van der Waals surface area contributed by atoms with Gasteiger partial charge in [0, 0.05) is 23.7 Å². The van der Waals surface area contributed by atoms with E-state index in [1.807, 2.05) is 6.20 Å². The van der Waals surface area contributed by atoms with Crippen molar-refractivity contribution >= 4 is 39.0 Å². The van der Waals surface area contributed by atoms with Gasteiger partial charge in [0.25, 0.3) is 0 Å². The lowest BCUT2D eigenvalue weighted by molar-refractivity contribution is -0.141. The summed E-state index contributed by atoms with van der Waals surface area (Å²) in [5.41, 5.74) is 6.62. The maximum absolute atomic E-state index is 12.8. The minimum Gasteiger partial charge on any atom is -0.384 e. The summed E-state index contributed by atoms with van der Waals surface area (Å²) in [4.78, 5) is 11.8. The molecular weight excluding hydrogens is 381 g/mol. The average molecular weight is 398 g/mol. The molecular formula is C17H17F3N4S2. The number of fused-ring (bicyclic) bond motifs is 1. The van der Waals surface area contributed by atoms with Gasteiger partial charge in [-0.3, -0.25) is 4.98 Å². The van der Waals surface area contributed by atoms with E-state index in [0.717, 1.165) is 28.2 Å². The van der Waals surface area contributed by atoms with Crippen molar-refractivity contribution in [1.82, 2.24) is 15.0 Å². The van der Waals surface area contributed by atoms with Crippen LogP contribution in [0.25, 0.3) is 10.1 Å². The Bertz CT molecular complexity index is 922. The molecule has 26 heavy (non-hydrogen) atoms. The molecule has 3 aromatic heterocycles. The van der Waals surface area contributed by atoms with E-state index in [1.165, 1.54) is 10.9 Å². The summed E-state index contributed by atoms with van der Waals surface area (Å²) in [5.74, 6) is 0.754. The molecule has 0 atom stereocenters. The highest BCUT2D eigenvalue weighted by atomic mass is 32.2. The summed E-state index contributed by atoms with van der Waals surface area (Å²) >= 11 is 2.81. The quantitative estimate of drug-likeness (QED) is 0.476. The number of thioether (sulfide) groups is 1. The summed E-state index contributed by atoms with van der Waals surface area (Å²) in [5, 5.41) is 3.37. The van der Waals surface area contributed by atoms with Crippen LogP contribution in [0.1, 0.15) is 36.7 Å². The predicted octanol–water partition coefficient (Wildman–Crippen LogP) is 5.15. The molecule has 3 heterocycles. The second-order valence-corrected chi connectivity index (χ2v) is 8.05. The Kier molecular flexibility index (Phi) is 5.38. The highest BCUT2D eigenvalue weighted by Gasteiger charge is 2.33. The number of aryl methyl sites for hydroxylation is 1. The fourth-order valence-electron chi connectivity index (χ4n) is 2.48. The van der Waals surface area contributed by atoms with Crippen molar-refractivity contribution in [1.29, 1.82) is 0 Å². The van der Waals surface area contributed by atoms with E-state index in [1.54, 1.807) is 11.3 Å². The summed E-state index contributed by atoms with van der Waals surface area (Å²) in [6.07, 6.45) is -2.08. The summed E-state index contributed by atoms with van der Waals surface area (Å²) in [6, 6.07) is 2.80. The van der Waals surface area contributed by atoms with E-state index in [2.05, 4.69) is 40.2 Å². The largest absolute Gasteiger partial charge is 0.433 e. The number of rotatable bonds is 5. The molecule has 0 fully saturated rings. The number of nitrogen functional groups attached to an aromatic ring is 1. The Morgan fingerprint density at radius 1 is 1.23 bits per heavy atom. The lowest BCUT2D eigenvalue weighted by Crippen LogP contribution is -2.11. The van der Waals surface area contributed by atoms with Crippen LogP contribution in [-0.4, -0.2) is 20.7 Å². The molecule has 2 N–H and O–H groups in total. The number of nitrogens with zero attached hydrogens (tertiary/aromatic N) is 3. The van der Waals surface area contributed by atoms with Gasteiger partial charge in [-0.05, 0) is 34.7 Å². The van der Waals surface area contributed by atoms with Crippen LogP contribution in [0.2, 0.25) is 0 Å². The van der Waals surface area contributed by atoms with Crippen LogP contribution >= 0.6 is 23.1 Å². The van der Waals surface area contributed by atoms with Gasteiger partial charge in [0.1, 0.15) is 5.82 Å². The van der Waals surface area contributed by atoms with Crippen molar-refractivity contribution in [3.05, 3.63) is 40.7 Å². The first-order chi connectivity index (χ1) is 12.2. The Labute approximate surface area is 157 Å². The number of pyridine rings is 1. The normalized spacial score (nSPS) is 12.2. The molecule has 0 aliphatic carbocycles. The first kappa shape index (κ1) is 18.9. The Morgan fingerprint density at radius 2 is 2.00 bits per heavy atom. The van der Waals surface area contributed by atoms with Crippen molar-refractivity contribution in [3.63, 3.8) is 0 Å². The fraction of sp³-hybridized carbons (Fsp3) is 0.353. The fourth-order valence-corrected chi connectivity index (χ4v) is 4.38. The molecule has 0 amide bonds. The summed E-state index contributed by atoms with van der Waals surface area (Å²) < 4.78 is 39.5. The molecule has 0 radical (unpaired) electrons. The molecule has 0 saturated carbocycles. The highest BCUT2D eigenvalue weighted by molar-refractivity contribution is 7.99. The van der Waals surface area contributed by atoms with Crippen LogP contribution in [0.4, 0.5) is 19.0 Å². The third-order valence-electron chi connectivity index (χ3n) is 3.78. The van der Waals surface area contributed by atoms with Crippen molar-refractivity contribution in [2.24, 2.45) is 0 Å². The number of aromatic nitrogens is 3. The highest BCUT2D eigenvalue weighted by Crippen LogP contribution is 2.32. The Balaban J connectivity index is 1.71. The third-order valence-corrected chi connectivity index (χ3v) is 5.58. The molecule has 0 aromatic carbocycles. The van der Waals surface area contributed by atoms with Crippen molar-refractivity contribution in [3.8, 4) is 0 Å². The Morgan fingerprint density at radius 3 is 2.69 bits per heavy atom. The third kappa shape index (κ3) is 4.27. The molecule has 0 spiro atoms. The number of alkyl halides is 3. The molecule has 0 aliphatic rings. The molecule has 3 aromatic rings. The van der Waals surface area contributed by atoms with Gasteiger partial charge in [0.15, 0.2) is 10.9 Å². The average Bonchev–Trinajstić information content (AvgIpc) is 2.97. The van der Waals surface area contributed by atoms with Crippen LogP contribution in [0, 0.1) is 0 Å². The zero-order valence-corrected chi connectivity index (χ0v) is 15.8. The topological polar surface area (TPSA) is 64.7 Å². The summed E-state index contributed by atoms with van der Waals surface area (Å²) in [6.45, 7) is 4.29. The smallest absolute Gasteiger partial charge is 0.384 e. The molecule has 4 nitrogen and oxygen atoms in total. The molecule has 0 unspecified atom stereocenters. The van der Waals surface area contributed by atoms with Gasteiger partial charge in [-0.1, -0.05) is 25.6 Å². The van der Waals surface area contributed by atoms with E-state index in [9.17, 15) is 13.2 Å². The van der Waals surface area contributed by atoms with Crippen LogP contribution in [0.3, 0.4) is 0 Å². The van der Waals surface area contributed by atoms with E-state index in [4.69, 9.17) is 5.73 Å². The SMILES string of the molecule is CC(C)c1csc2cnc(CCSc3nc(N)cc(C(F)(F)F)n3)cc12. The predicted molar refractivity (Wildman–Crippen MR) is 99.6 cm³/mol. The lowest BCUT2D eigenvalue weighted by Gasteiger charge is -2.08. The van der Waals surface area contributed by atoms with Crippen LogP contribution in [-0.2, 0) is 12.6 Å². The van der Waals surface area contributed by atoms with E-state index in [-0.39, 0.29) is 11.0 Å². The number of thiophene rings is 1. The van der Waals surface area contributed by atoms with Crippen molar-refractivity contribution in [2.45, 2.75) is 37.5 Å². The standard InChI is InChI=1S/C17H17F3N4S2/c1-9(2)12-8-26-13-7-22-10(5-11(12)13)3-4-25-16-23-14(17(18,19)20)6-15(21)24-16/h5-9H,3-4H2,1-2H3,(H2,21,23,24). The van der Waals surface area contributed by atoms with Crippen LogP contribution in [0.5, 0.6) is 0 Å². The van der Waals surface area contributed by atoms with E-state index in [0.29, 0.717) is 18.1 Å². The minimum atomic E-state index is -4.54. The monoisotopic (exact) mass is 398 g/mol. The Hall–Kier alpha value is -1.87. The van der Waals surface area contributed by atoms with Crippen molar-refractivity contribution < 1.29 is 13.2 Å². The van der Waals surface area contributed by atoms with E-state index >= 15 is 0 Å². The first-order valence-corrected chi connectivity index (χ1v) is 9.81. The molecule has 0 saturated heterocycles. The van der Waals surface area contributed by atoms with Crippen LogP contribution < -0.4 is 5.73 Å². The maximum Gasteiger partial charge on any atom is 0.433 e. The van der Waals surface area contributed by atoms with Gasteiger partial charge >= 0.3 is 6.18 Å². The molecule has 3 rings (SSSR count). The minimum absolute atomic E-state index is 0.0248. The second kappa shape index (κ2) is 7.40. The van der Waals surface area contributed by atoms with E-state index < -0.39 is 11.9 Å². The maximum atomic E-state index is 12.8. The summed E-state index contributed by atoms with van der Waals surface area (Å²) in [7, 11) is 0. The van der Waals surface area contributed by atoms with Gasteiger partial charge in [-0.2, -0.15) is 13.2 Å². The zero-order chi connectivity index (χ0) is 18.9. The molecule has 0 aliphatic heterocycles. The van der Waals surface area contributed by atoms with Gasteiger partial charge < -0.3 is 5.73 Å². The zero-order valence-electron chi connectivity index (χ0n) is 14.2. The number of anilines is 1. The lowest BCUT2D eigenvalue weighted by atomic mass is 10.0. The number of halogens is 3. The molecule has 138 valence electrons. The van der Waals surface area contributed by atoms with Crippen molar-refractivity contribution in [2.75, 3.05) is 11.5 Å². The van der Waals surface area contributed by atoms with Gasteiger partial charge in [-0.15, -0.1) is 11.3 Å². The second-order valence-electron chi connectivity index (χ2n) is 6.07. The molecule has 0 bridgehead atoms. The van der Waals surface area contributed by atoms with Crippen LogP contribution in [0.15, 0.2) is 28.9 Å². The number of hydrogen-bond acceptors (Lipinski definition) is 6. The number of nitrogens with two attached hydrogens (primary N) is 1. The van der Waals surface area contributed by atoms with Gasteiger partial charge in [-0.25, -0.2) is 9.97 Å². The number of hydrogen-bond donors (Lipinski definition) is 1. The molecule has 9 heteroatoms. The van der Waals surface area contributed by atoms with Gasteiger partial charge in [0.2, 0.25) is 0 Å².